The maximum absolute atomic E-state index is 11.4. The summed E-state index contributed by atoms with van der Waals surface area (Å²) in [5.41, 5.74) is 0.994. The first-order chi connectivity index (χ1) is 11.7. The van der Waals surface area contributed by atoms with Crippen LogP contribution in [0.4, 0.5) is 0 Å². The molecule has 1 fully saturated rings. The summed E-state index contributed by atoms with van der Waals surface area (Å²) >= 11 is 0. The van der Waals surface area contributed by atoms with Crippen LogP contribution in [0.5, 0.6) is 11.5 Å². The van der Waals surface area contributed by atoms with Gasteiger partial charge < -0.3 is 14.8 Å². The van der Waals surface area contributed by atoms with Crippen molar-refractivity contribution in [3.63, 3.8) is 0 Å². The number of para-hydroxylation sites is 1. The SMILES string of the molecule is COc1cccc(CCNC(=O)CC#N)c1OCCN1CCCC1. The molecule has 0 radical (unpaired) electrons. The first kappa shape index (κ1) is 18.1. The minimum Gasteiger partial charge on any atom is -0.493 e. The minimum absolute atomic E-state index is 0.114. The summed E-state index contributed by atoms with van der Waals surface area (Å²) in [5.74, 6) is 1.20. The van der Waals surface area contributed by atoms with Crippen molar-refractivity contribution in [1.82, 2.24) is 10.2 Å². The van der Waals surface area contributed by atoms with E-state index in [0.717, 1.165) is 30.9 Å². The van der Waals surface area contributed by atoms with E-state index in [-0.39, 0.29) is 12.3 Å². The largest absolute Gasteiger partial charge is 0.493 e. The van der Waals surface area contributed by atoms with Crippen LogP contribution in [0.1, 0.15) is 24.8 Å². The van der Waals surface area contributed by atoms with Crippen LogP contribution in [0, 0.1) is 11.3 Å². The molecule has 0 spiro atoms. The lowest BCUT2D eigenvalue weighted by molar-refractivity contribution is -0.120. The number of likely N-dealkylation sites (tertiary alicyclic amines) is 1. The number of amides is 1. The van der Waals surface area contributed by atoms with Gasteiger partial charge in [0.2, 0.25) is 5.91 Å². The Morgan fingerprint density at radius 2 is 2.17 bits per heavy atom. The van der Waals surface area contributed by atoms with Crippen LogP contribution in [-0.2, 0) is 11.2 Å². The Kier molecular flexibility index (Phi) is 7.37. The number of carbonyl (C=O) groups is 1. The van der Waals surface area contributed by atoms with Crippen LogP contribution in [0.25, 0.3) is 0 Å². The Morgan fingerprint density at radius 3 is 2.88 bits per heavy atom. The summed E-state index contributed by atoms with van der Waals surface area (Å²) < 4.78 is 11.4. The number of benzene rings is 1. The lowest BCUT2D eigenvalue weighted by Crippen LogP contribution is -2.26. The van der Waals surface area contributed by atoms with Gasteiger partial charge in [-0.1, -0.05) is 12.1 Å². The molecule has 1 saturated heterocycles. The molecule has 1 aromatic carbocycles. The number of nitriles is 1. The highest BCUT2D eigenvalue weighted by molar-refractivity contribution is 5.77. The van der Waals surface area contributed by atoms with Gasteiger partial charge in [-0.25, -0.2) is 0 Å². The average Bonchev–Trinajstić information content (AvgIpc) is 3.09. The van der Waals surface area contributed by atoms with Crippen molar-refractivity contribution >= 4 is 5.91 Å². The summed E-state index contributed by atoms with van der Waals surface area (Å²) in [6, 6.07) is 7.61. The minimum atomic E-state index is -0.253. The van der Waals surface area contributed by atoms with E-state index in [1.54, 1.807) is 7.11 Å². The number of rotatable bonds is 9. The molecule has 1 heterocycles. The third kappa shape index (κ3) is 5.43. The van der Waals surface area contributed by atoms with Gasteiger partial charge in [0.15, 0.2) is 11.5 Å². The summed E-state index contributed by atoms with van der Waals surface area (Å²) in [4.78, 5) is 13.8. The number of nitrogens with zero attached hydrogens (tertiary/aromatic N) is 2. The van der Waals surface area contributed by atoms with Gasteiger partial charge in [0.1, 0.15) is 13.0 Å². The zero-order valence-corrected chi connectivity index (χ0v) is 14.2. The van der Waals surface area contributed by atoms with Crippen LogP contribution >= 0.6 is 0 Å². The molecule has 1 N–H and O–H groups in total. The maximum atomic E-state index is 11.4. The highest BCUT2D eigenvalue weighted by Crippen LogP contribution is 2.31. The zero-order chi connectivity index (χ0) is 17.2. The molecule has 0 aliphatic carbocycles. The van der Waals surface area contributed by atoms with Crippen molar-refractivity contribution < 1.29 is 14.3 Å². The molecule has 6 nitrogen and oxygen atoms in total. The Balaban J connectivity index is 1.91. The van der Waals surface area contributed by atoms with E-state index in [1.807, 2.05) is 24.3 Å². The topological polar surface area (TPSA) is 74.6 Å². The van der Waals surface area contributed by atoms with Gasteiger partial charge in [0.05, 0.1) is 13.2 Å². The quantitative estimate of drug-likeness (QED) is 0.746. The molecule has 24 heavy (non-hydrogen) atoms. The van der Waals surface area contributed by atoms with E-state index in [1.165, 1.54) is 12.8 Å². The molecular weight excluding hydrogens is 306 g/mol. The zero-order valence-electron chi connectivity index (χ0n) is 14.2. The number of ether oxygens (including phenoxy) is 2. The second-order valence-electron chi connectivity index (χ2n) is 5.78. The van der Waals surface area contributed by atoms with Crippen LogP contribution in [0.15, 0.2) is 18.2 Å². The fraction of sp³-hybridized carbons (Fsp3) is 0.556. The van der Waals surface area contributed by atoms with Gasteiger partial charge in [-0.3, -0.25) is 9.69 Å². The van der Waals surface area contributed by atoms with Crippen LogP contribution in [0.2, 0.25) is 0 Å². The van der Waals surface area contributed by atoms with Crippen LogP contribution in [-0.4, -0.2) is 50.7 Å². The van der Waals surface area contributed by atoms with Gasteiger partial charge in [-0.15, -0.1) is 0 Å². The number of carbonyl (C=O) groups excluding carboxylic acids is 1. The van der Waals surface area contributed by atoms with Gasteiger partial charge in [-0.2, -0.15) is 5.26 Å². The molecule has 0 aromatic heterocycles. The molecule has 130 valence electrons. The first-order valence-corrected chi connectivity index (χ1v) is 8.39. The fourth-order valence-electron chi connectivity index (χ4n) is 2.84. The predicted octanol–water partition coefficient (Wildman–Crippen LogP) is 1.74. The number of nitrogens with one attached hydrogen (secondary N) is 1. The van der Waals surface area contributed by atoms with E-state index in [2.05, 4.69) is 10.2 Å². The van der Waals surface area contributed by atoms with Gasteiger partial charge in [0, 0.05) is 13.1 Å². The molecule has 1 amide bonds. The highest BCUT2D eigenvalue weighted by Gasteiger charge is 2.14. The van der Waals surface area contributed by atoms with Crippen molar-refractivity contribution in [3.8, 4) is 17.6 Å². The third-order valence-corrected chi connectivity index (χ3v) is 4.09. The Hall–Kier alpha value is -2.26. The van der Waals surface area contributed by atoms with Crippen molar-refractivity contribution in [2.24, 2.45) is 0 Å². The van der Waals surface area contributed by atoms with Gasteiger partial charge >= 0.3 is 0 Å². The Bertz CT molecular complexity index is 577. The van der Waals surface area contributed by atoms with E-state index in [9.17, 15) is 4.79 Å². The molecule has 0 saturated carbocycles. The van der Waals surface area contributed by atoms with Crippen molar-refractivity contribution in [1.29, 1.82) is 5.26 Å². The lowest BCUT2D eigenvalue weighted by Gasteiger charge is -2.18. The standard InChI is InChI=1S/C18H25N3O3/c1-23-16-6-4-5-15(8-10-20-17(22)7-9-19)18(16)24-14-13-21-11-2-3-12-21/h4-6H,2-3,7-8,10-14H2,1H3,(H,20,22). The summed E-state index contributed by atoms with van der Waals surface area (Å²) in [7, 11) is 1.63. The van der Waals surface area contributed by atoms with E-state index in [0.29, 0.717) is 25.3 Å². The van der Waals surface area contributed by atoms with Crippen LogP contribution in [0.3, 0.4) is 0 Å². The number of hydrogen-bond donors (Lipinski definition) is 1. The molecule has 0 bridgehead atoms. The van der Waals surface area contributed by atoms with Crippen molar-refractivity contribution in [2.45, 2.75) is 25.7 Å². The molecule has 1 aromatic rings. The second kappa shape index (κ2) is 9.78. The average molecular weight is 331 g/mol. The lowest BCUT2D eigenvalue weighted by atomic mass is 10.1. The molecular formula is C18H25N3O3. The summed E-state index contributed by atoms with van der Waals surface area (Å²) in [6.45, 7) is 4.29. The van der Waals surface area contributed by atoms with E-state index in [4.69, 9.17) is 14.7 Å². The van der Waals surface area contributed by atoms with E-state index >= 15 is 0 Å². The number of hydrogen-bond acceptors (Lipinski definition) is 5. The summed E-state index contributed by atoms with van der Waals surface area (Å²) in [6.07, 6.45) is 3.05. The predicted molar refractivity (Wildman–Crippen MR) is 91.1 cm³/mol. The molecule has 0 unspecified atom stereocenters. The smallest absolute Gasteiger partial charge is 0.234 e. The molecule has 6 heteroatoms. The second-order valence-corrected chi connectivity index (χ2v) is 5.78. The van der Waals surface area contributed by atoms with Crippen molar-refractivity contribution in [3.05, 3.63) is 23.8 Å². The number of methoxy groups -OCH3 is 1. The van der Waals surface area contributed by atoms with Gasteiger partial charge in [-0.05, 0) is 44.0 Å². The molecule has 1 aliphatic rings. The highest BCUT2D eigenvalue weighted by atomic mass is 16.5. The molecule has 1 aliphatic heterocycles. The van der Waals surface area contributed by atoms with Gasteiger partial charge in [0.25, 0.3) is 0 Å². The molecule has 0 atom stereocenters. The summed E-state index contributed by atoms with van der Waals surface area (Å²) in [5, 5.41) is 11.2. The van der Waals surface area contributed by atoms with E-state index < -0.39 is 0 Å². The van der Waals surface area contributed by atoms with Crippen LogP contribution < -0.4 is 14.8 Å². The maximum Gasteiger partial charge on any atom is 0.234 e. The van der Waals surface area contributed by atoms with Crippen molar-refractivity contribution in [2.75, 3.05) is 39.9 Å². The third-order valence-electron chi connectivity index (χ3n) is 4.09. The Labute approximate surface area is 143 Å². The Morgan fingerprint density at radius 1 is 1.38 bits per heavy atom. The molecule has 2 rings (SSSR count). The normalized spacial score (nSPS) is 14.2. The monoisotopic (exact) mass is 331 g/mol. The fourth-order valence-corrected chi connectivity index (χ4v) is 2.84. The first-order valence-electron chi connectivity index (χ1n) is 8.39.